The van der Waals surface area contributed by atoms with Crippen LogP contribution in [0.25, 0.3) is 11.7 Å². The fourth-order valence-corrected chi connectivity index (χ4v) is 2.86. The van der Waals surface area contributed by atoms with Crippen molar-refractivity contribution < 1.29 is 13.6 Å². The van der Waals surface area contributed by atoms with E-state index in [0.717, 1.165) is 25.1 Å². The minimum absolute atomic E-state index is 0.297. The Morgan fingerprint density at radius 3 is 2.74 bits per heavy atom. The lowest BCUT2D eigenvalue weighted by molar-refractivity contribution is 0.301. The van der Waals surface area contributed by atoms with Gasteiger partial charge in [-0.2, -0.15) is 0 Å². The molecule has 138 valence electrons. The monoisotopic (exact) mass is 383 g/mol. The highest BCUT2D eigenvalue weighted by Crippen LogP contribution is 2.24. The van der Waals surface area contributed by atoms with Crippen LogP contribution in [-0.4, -0.2) is 14.5 Å². The van der Waals surface area contributed by atoms with E-state index in [0.29, 0.717) is 29.2 Å². The lowest BCUT2D eigenvalue weighted by Crippen LogP contribution is -1.98. The molecule has 6 nitrogen and oxygen atoms in total. The third-order valence-corrected chi connectivity index (χ3v) is 4.29. The van der Waals surface area contributed by atoms with E-state index in [-0.39, 0.29) is 0 Å². The molecule has 0 atom stereocenters. The van der Waals surface area contributed by atoms with Crippen molar-refractivity contribution in [2.24, 2.45) is 0 Å². The van der Waals surface area contributed by atoms with Gasteiger partial charge in [-0.1, -0.05) is 12.1 Å². The van der Waals surface area contributed by atoms with Gasteiger partial charge in [0.1, 0.15) is 24.3 Å². The minimum Gasteiger partial charge on any atom is -0.487 e. The first-order valence-electron chi connectivity index (χ1n) is 8.64. The zero-order valence-corrected chi connectivity index (χ0v) is 15.3. The number of hydrogen-bond donors (Lipinski definition) is 0. The number of oxazole rings is 1. The van der Waals surface area contributed by atoms with Gasteiger partial charge in [-0.25, -0.2) is 9.97 Å². The number of ether oxygens (including phenoxy) is 1. The number of halogens is 1. The first-order chi connectivity index (χ1) is 13.3. The Kier molecular flexibility index (Phi) is 5.25. The van der Waals surface area contributed by atoms with E-state index < -0.39 is 0 Å². The Balaban J connectivity index is 1.27. The number of nitrogens with zero attached hydrogens (tertiary/aromatic N) is 3. The predicted molar refractivity (Wildman–Crippen MR) is 101 cm³/mol. The molecule has 0 aliphatic carbocycles. The Morgan fingerprint density at radius 2 is 2.00 bits per heavy atom. The summed E-state index contributed by atoms with van der Waals surface area (Å²) >= 11 is 5.76. The van der Waals surface area contributed by atoms with E-state index in [4.69, 9.17) is 25.2 Å². The molecule has 3 aromatic heterocycles. The normalized spacial score (nSPS) is 11.0. The van der Waals surface area contributed by atoms with Crippen molar-refractivity contribution in [1.29, 1.82) is 0 Å². The van der Waals surface area contributed by atoms with Gasteiger partial charge in [0.15, 0.2) is 11.0 Å². The van der Waals surface area contributed by atoms with Crippen molar-refractivity contribution in [2.45, 2.75) is 26.0 Å². The second-order valence-electron chi connectivity index (χ2n) is 6.08. The van der Waals surface area contributed by atoms with E-state index >= 15 is 0 Å². The van der Waals surface area contributed by atoms with Crippen molar-refractivity contribution in [3.63, 3.8) is 0 Å². The van der Waals surface area contributed by atoms with Crippen LogP contribution in [0.5, 0.6) is 5.75 Å². The Morgan fingerprint density at radius 1 is 1.11 bits per heavy atom. The summed E-state index contributed by atoms with van der Waals surface area (Å²) in [6.07, 6.45) is 9.25. The van der Waals surface area contributed by atoms with Gasteiger partial charge in [-0.15, -0.1) is 0 Å². The Labute approximate surface area is 161 Å². The van der Waals surface area contributed by atoms with E-state index in [2.05, 4.69) is 26.7 Å². The summed E-state index contributed by atoms with van der Waals surface area (Å²) < 4.78 is 18.5. The van der Waals surface area contributed by atoms with E-state index in [9.17, 15) is 0 Å². The van der Waals surface area contributed by atoms with Gasteiger partial charge in [0.25, 0.3) is 5.89 Å². The highest BCUT2D eigenvalue weighted by atomic mass is 35.5. The molecule has 0 unspecified atom stereocenters. The van der Waals surface area contributed by atoms with E-state index in [1.807, 2.05) is 24.7 Å². The number of benzene rings is 1. The highest BCUT2D eigenvalue weighted by Gasteiger charge is 2.11. The van der Waals surface area contributed by atoms with Crippen LogP contribution in [0.4, 0.5) is 0 Å². The fourth-order valence-electron chi connectivity index (χ4n) is 2.71. The van der Waals surface area contributed by atoms with Gasteiger partial charge in [0.05, 0.1) is 6.33 Å². The van der Waals surface area contributed by atoms with Crippen LogP contribution in [0.3, 0.4) is 0 Å². The van der Waals surface area contributed by atoms with Crippen LogP contribution in [0.15, 0.2) is 70.2 Å². The van der Waals surface area contributed by atoms with Crippen molar-refractivity contribution in [3.8, 4) is 17.4 Å². The van der Waals surface area contributed by atoms with Crippen LogP contribution in [0.1, 0.15) is 17.7 Å². The van der Waals surface area contributed by atoms with Crippen molar-refractivity contribution >= 4 is 11.6 Å². The topological polar surface area (TPSA) is 66.2 Å². The quantitative estimate of drug-likeness (QED) is 0.428. The third kappa shape index (κ3) is 4.60. The second kappa shape index (κ2) is 8.14. The number of furan rings is 1. The molecular formula is C20H18ClN3O3. The lowest BCUT2D eigenvalue weighted by Gasteiger charge is -2.06. The zero-order valence-electron chi connectivity index (χ0n) is 14.5. The summed E-state index contributed by atoms with van der Waals surface area (Å²) in [6.45, 7) is 1.28. The molecule has 4 rings (SSSR count). The molecule has 7 heteroatoms. The number of rotatable bonds is 8. The average Bonchev–Trinajstić information content (AvgIpc) is 3.43. The van der Waals surface area contributed by atoms with Gasteiger partial charge in [0.2, 0.25) is 0 Å². The fraction of sp³-hybridized carbons (Fsp3) is 0.200. The third-order valence-electron chi connectivity index (χ3n) is 4.09. The van der Waals surface area contributed by atoms with Crippen LogP contribution in [0.2, 0.25) is 5.22 Å². The van der Waals surface area contributed by atoms with E-state index in [1.54, 1.807) is 24.6 Å². The number of aryl methyl sites for hydroxylation is 2. The smallest absolute Gasteiger partial charge is 0.263 e. The summed E-state index contributed by atoms with van der Waals surface area (Å²) in [4.78, 5) is 8.39. The van der Waals surface area contributed by atoms with Crippen molar-refractivity contribution in [3.05, 3.63) is 77.9 Å². The number of hydrogen-bond acceptors (Lipinski definition) is 5. The Bertz CT molecular complexity index is 974. The predicted octanol–water partition coefficient (Wildman–Crippen LogP) is 5.00. The molecule has 0 saturated heterocycles. The molecule has 0 fully saturated rings. The largest absolute Gasteiger partial charge is 0.487 e. The minimum atomic E-state index is 0.297. The number of aromatic nitrogens is 3. The van der Waals surface area contributed by atoms with Crippen LogP contribution in [-0.2, 0) is 19.6 Å². The maximum atomic E-state index is 5.77. The van der Waals surface area contributed by atoms with Gasteiger partial charge in [-0.3, -0.25) is 0 Å². The first kappa shape index (κ1) is 17.4. The van der Waals surface area contributed by atoms with Gasteiger partial charge < -0.3 is 18.1 Å². The van der Waals surface area contributed by atoms with Crippen LogP contribution >= 0.6 is 11.6 Å². The summed E-state index contributed by atoms with van der Waals surface area (Å²) in [5, 5.41) is 0.297. The van der Waals surface area contributed by atoms with Crippen molar-refractivity contribution in [1.82, 2.24) is 14.5 Å². The van der Waals surface area contributed by atoms with Crippen molar-refractivity contribution in [2.75, 3.05) is 0 Å². The molecule has 0 radical (unpaired) electrons. The summed E-state index contributed by atoms with van der Waals surface area (Å²) in [7, 11) is 0. The molecule has 0 aliphatic heterocycles. The molecule has 0 aliphatic rings. The van der Waals surface area contributed by atoms with Crippen LogP contribution in [0, 0.1) is 0 Å². The standard InChI is InChI=1S/C20H18ClN3O3/c21-19-8-7-18(27-19)20-23-16(13-26-20)12-25-17-5-3-15(4-6-17)2-1-10-24-11-9-22-14-24/h3-9,11,13-14H,1-2,10,12H2. The molecule has 3 heterocycles. The van der Waals surface area contributed by atoms with Gasteiger partial charge >= 0.3 is 0 Å². The molecule has 27 heavy (non-hydrogen) atoms. The van der Waals surface area contributed by atoms with Gasteiger partial charge in [0, 0.05) is 18.9 Å². The summed E-state index contributed by atoms with van der Waals surface area (Å²) in [5.41, 5.74) is 1.96. The SMILES string of the molecule is Clc1ccc(-c2nc(COc3ccc(CCCn4ccnc4)cc3)co2)o1. The molecule has 0 spiro atoms. The zero-order chi connectivity index (χ0) is 18.5. The second-order valence-corrected chi connectivity index (χ2v) is 6.46. The van der Waals surface area contributed by atoms with Gasteiger partial charge in [-0.05, 0) is 54.3 Å². The maximum absolute atomic E-state index is 5.77. The molecule has 1 aromatic carbocycles. The molecule has 0 bridgehead atoms. The van der Waals surface area contributed by atoms with E-state index in [1.165, 1.54) is 5.56 Å². The molecule has 0 N–H and O–H groups in total. The lowest BCUT2D eigenvalue weighted by atomic mass is 10.1. The molecule has 4 aromatic rings. The van der Waals surface area contributed by atoms with Crippen LogP contribution < -0.4 is 4.74 Å². The average molecular weight is 384 g/mol. The maximum Gasteiger partial charge on any atom is 0.263 e. The highest BCUT2D eigenvalue weighted by molar-refractivity contribution is 6.28. The number of imidazole rings is 1. The summed E-state index contributed by atoms with van der Waals surface area (Å²) in [6, 6.07) is 11.5. The summed E-state index contributed by atoms with van der Waals surface area (Å²) in [5.74, 6) is 1.67. The molecule has 0 amide bonds. The Hall–Kier alpha value is -2.99. The molecular weight excluding hydrogens is 366 g/mol. The molecule has 0 saturated carbocycles. The first-order valence-corrected chi connectivity index (χ1v) is 9.02.